The first-order valence-electron chi connectivity index (χ1n) is 4.50. The maximum absolute atomic E-state index is 10.8. The van der Waals surface area contributed by atoms with Gasteiger partial charge in [0.2, 0.25) is 0 Å². The van der Waals surface area contributed by atoms with E-state index in [4.69, 9.17) is 16.3 Å². The summed E-state index contributed by atoms with van der Waals surface area (Å²) in [5.74, 6) is 0.810. The van der Waals surface area contributed by atoms with Crippen molar-refractivity contribution in [2.75, 3.05) is 0 Å². The molecule has 3 heteroatoms. The van der Waals surface area contributed by atoms with Gasteiger partial charge in [0.15, 0.2) is 0 Å². The molecular weight excluding hydrogens is 176 g/mol. The van der Waals surface area contributed by atoms with Crippen molar-refractivity contribution >= 4 is 17.6 Å². The third-order valence-electron chi connectivity index (χ3n) is 3.05. The molecule has 2 aliphatic rings. The van der Waals surface area contributed by atoms with E-state index in [-0.39, 0.29) is 17.5 Å². The lowest BCUT2D eigenvalue weighted by Gasteiger charge is -2.16. The molecule has 0 unspecified atom stereocenters. The Balaban J connectivity index is 2.03. The van der Waals surface area contributed by atoms with Crippen LogP contribution in [-0.2, 0) is 9.53 Å². The van der Waals surface area contributed by atoms with Gasteiger partial charge in [-0.1, -0.05) is 0 Å². The highest BCUT2D eigenvalue weighted by Gasteiger charge is 2.49. The van der Waals surface area contributed by atoms with Crippen molar-refractivity contribution < 1.29 is 9.53 Å². The average molecular weight is 189 g/mol. The summed E-state index contributed by atoms with van der Waals surface area (Å²) in [6, 6.07) is 0. The second-order valence-corrected chi connectivity index (χ2v) is 4.39. The lowest BCUT2D eigenvalue weighted by atomic mass is 10.0. The molecule has 2 rings (SSSR count). The molecule has 0 aromatic heterocycles. The molecule has 4 atom stereocenters. The molecule has 0 saturated heterocycles. The van der Waals surface area contributed by atoms with Crippen LogP contribution in [0.25, 0.3) is 0 Å². The van der Waals surface area contributed by atoms with Crippen LogP contribution < -0.4 is 0 Å². The van der Waals surface area contributed by atoms with Crippen LogP contribution in [0.3, 0.4) is 0 Å². The first-order chi connectivity index (χ1) is 5.68. The SMILES string of the molecule is CC(=O)O[C@H]1[C@H]2CC[C@H]1[C@H](Cl)C2. The van der Waals surface area contributed by atoms with Gasteiger partial charge in [0.25, 0.3) is 0 Å². The largest absolute Gasteiger partial charge is 0.462 e. The van der Waals surface area contributed by atoms with Crippen molar-refractivity contribution in [1.82, 2.24) is 0 Å². The van der Waals surface area contributed by atoms with Crippen LogP contribution in [0.2, 0.25) is 0 Å². The Morgan fingerprint density at radius 2 is 2.25 bits per heavy atom. The maximum atomic E-state index is 10.8. The Bertz CT molecular complexity index is 205. The summed E-state index contributed by atoms with van der Waals surface area (Å²) < 4.78 is 5.25. The van der Waals surface area contributed by atoms with E-state index in [9.17, 15) is 4.79 Å². The molecule has 0 aliphatic heterocycles. The van der Waals surface area contributed by atoms with E-state index in [2.05, 4.69) is 0 Å². The van der Waals surface area contributed by atoms with Gasteiger partial charge in [-0.15, -0.1) is 11.6 Å². The molecule has 2 nitrogen and oxygen atoms in total. The summed E-state index contributed by atoms with van der Waals surface area (Å²) in [5, 5.41) is 0.244. The van der Waals surface area contributed by atoms with E-state index in [0.717, 1.165) is 12.8 Å². The van der Waals surface area contributed by atoms with Crippen molar-refractivity contribution in [1.29, 1.82) is 0 Å². The molecule has 0 aromatic rings. The molecule has 2 fully saturated rings. The van der Waals surface area contributed by atoms with Gasteiger partial charge in [0, 0.05) is 18.2 Å². The van der Waals surface area contributed by atoms with Crippen LogP contribution in [0.1, 0.15) is 26.2 Å². The number of hydrogen-bond acceptors (Lipinski definition) is 2. The molecule has 0 spiro atoms. The number of alkyl halides is 1. The monoisotopic (exact) mass is 188 g/mol. The number of carbonyl (C=O) groups excluding carboxylic acids is 1. The van der Waals surface area contributed by atoms with Crippen LogP contribution in [0.4, 0.5) is 0 Å². The molecule has 0 radical (unpaired) electrons. The lowest BCUT2D eigenvalue weighted by Crippen LogP contribution is -2.22. The maximum Gasteiger partial charge on any atom is 0.302 e. The van der Waals surface area contributed by atoms with Gasteiger partial charge in [-0.3, -0.25) is 4.79 Å². The Hall–Kier alpha value is -0.240. The third-order valence-corrected chi connectivity index (χ3v) is 3.55. The first kappa shape index (κ1) is 8.36. The fourth-order valence-electron chi connectivity index (χ4n) is 2.56. The number of halogens is 1. The van der Waals surface area contributed by atoms with Gasteiger partial charge in [0.1, 0.15) is 6.10 Å². The Kier molecular flexibility index (Phi) is 2.03. The highest BCUT2D eigenvalue weighted by molar-refractivity contribution is 6.21. The number of hydrogen-bond donors (Lipinski definition) is 0. The van der Waals surface area contributed by atoms with E-state index in [0.29, 0.717) is 11.8 Å². The van der Waals surface area contributed by atoms with Crippen LogP contribution in [0.5, 0.6) is 0 Å². The molecule has 2 saturated carbocycles. The van der Waals surface area contributed by atoms with Gasteiger partial charge in [-0.05, 0) is 25.2 Å². The van der Waals surface area contributed by atoms with Crippen LogP contribution in [0.15, 0.2) is 0 Å². The average Bonchev–Trinajstić information content (AvgIpc) is 2.44. The van der Waals surface area contributed by atoms with Gasteiger partial charge in [-0.2, -0.15) is 0 Å². The van der Waals surface area contributed by atoms with Gasteiger partial charge < -0.3 is 4.74 Å². The predicted octanol–water partition coefficient (Wildman–Crippen LogP) is 1.96. The zero-order chi connectivity index (χ0) is 8.72. The van der Waals surface area contributed by atoms with E-state index >= 15 is 0 Å². The highest BCUT2D eigenvalue weighted by atomic mass is 35.5. The third kappa shape index (κ3) is 1.22. The molecule has 0 aromatic carbocycles. The van der Waals surface area contributed by atoms with Gasteiger partial charge in [0.05, 0.1) is 0 Å². The minimum atomic E-state index is -0.164. The normalized spacial score (nSPS) is 44.8. The molecule has 0 amide bonds. The van der Waals surface area contributed by atoms with Crippen molar-refractivity contribution in [3.05, 3.63) is 0 Å². The minimum Gasteiger partial charge on any atom is -0.462 e. The van der Waals surface area contributed by atoms with Crippen LogP contribution in [0, 0.1) is 11.8 Å². The molecule has 2 bridgehead atoms. The standard InChI is InChI=1S/C9H13ClO2/c1-5(11)12-9-6-2-3-7(9)8(10)4-6/h6-9H,2-4H2,1H3/t6-,7-,8+,9-/m0/s1. The molecular formula is C9H13ClO2. The topological polar surface area (TPSA) is 26.3 Å². The van der Waals surface area contributed by atoms with Crippen molar-refractivity contribution in [3.8, 4) is 0 Å². The summed E-state index contributed by atoms with van der Waals surface area (Å²) in [5.41, 5.74) is 0. The van der Waals surface area contributed by atoms with Crippen molar-refractivity contribution in [2.45, 2.75) is 37.7 Å². The second-order valence-electron chi connectivity index (χ2n) is 3.83. The molecule has 68 valence electrons. The van der Waals surface area contributed by atoms with Crippen molar-refractivity contribution in [3.63, 3.8) is 0 Å². The lowest BCUT2D eigenvalue weighted by molar-refractivity contribution is -0.148. The summed E-state index contributed by atoms with van der Waals surface area (Å²) in [6.07, 6.45) is 3.48. The number of fused-ring (bicyclic) bond motifs is 2. The fraction of sp³-hybridized carbons (Fsp3) is 0.889. The molecule has 12 heavy (non-hydrogen) atoms. The number of rotatable bonds is 1. The second kappa shape index (κ2) is 2.91. The fourth-order valence-corrected chi connectivity index (χ4v) is 3.06. The summed E-state index contributed by atoms with van der Waals surface area (Å²) in [6.45, 7) is 1.47. The first-order valence-corrected chi connectivity index (χ1v) is 4.93. The molecule has 0 heterocycles. The smallest absolute Gasteiger partial charge is 0.302 e. The van der Waals surface area contributed by atoms with Gasteiger partial charge in [-0.25, -0.2) is 0 Å². The summed E-state index contributed by atoms with van der Waals surface area (Å²) >= 11 is 6.10. The van der Waals surface area contributed by atoms with E-state index < -0.39 is 0 Å². The van der Waals surface area contributed by atoms with E-state index in [1.165, 1.54) is 13.3 Å². The van der Waals surface area contributed by atoms with Crippen LogP contribution in [-0.4, -0.2) is 17.5 Å². The number of ether oxygens (including phenoxy) is 1. The highest BCUT2D eigenvalue weighted by Crippen LogP contribution is 2.48. The van der Waals surface area contributed by atoms with E-state index in [1.54, 1.807) is 0 Å². The summed E-state index contributed by atoms with van der Waals surface area (Å²) in [4.78, 5) is 10.8. The molecule has 2 aliphatic carbocycles. The minimum absolute atomic E-state index is 0.130. The van der Waals surface area contributed by atoms with Crippen LogP contribution >= 0.6 is 11.6 Å². The Morgan fingerprint density at radius 1 is 1.50 bits per heavy atom. The quantitative estimate of drug-likeness (QED) is 0.465. The number of esters is 1. The molecule has 0 N–H and O–H groups in total. The summed E-state index contributed by atoms with van der Waals surface area (Å²) in [7, 11) is 0. The number of carbonyl (C=O) groups is 1. The Morgan fingerprint density at radius 3 is 2.67 bits per heavy atom. The van der Waals surface area contributed by atoms with Crippen molar-refractivity contribution in [2.24, 2.45) is 11.8 Å². The Labute approximate surface area is 77.2 Å². The zero-order valence-electron chi connectivity index (χ0n) is 7.13. The van der Waals surface area contributed by atoms with E-state index in [1.807, 2.05) is 0 Å². The van der Waals surface area contributed by atoms with Gasteiger partial charge >= 0.3 is 5.97 Å². The predicted molar refractivity (Wildman–Crippen MR) is 46.0 cm³/mol. The zero-order valence-corrected chi connectivity index (χ0v) is 7.88.